The molecule has 52 heavy (non-hydrogen) atoms. The van der Waals surface area contributed by atoms with Crippen molar-refractivity contribution >= 4 is 62.2 Å². The number of benzene rings is 3. The number of para-hydroxylation sites is 2. The van der Waals surface area contributed by atoms with Crippen LogP contribution < -0.4 is 20.7 Å². The minimum atomic E-state index is -4.16. The third-order valence-corrected chi connectivity index (χ3v) is 10.3. The van der Waals surface area contributed by atoms with E-state index in [4.69, 9.17) is 16.0 Å². The minimum Gasteiger partial charge on any atom is -0.438 e. The lowest BCUT2D eigenvalue weighted by Crippen LogP contribution is -2.56. The summed E-state index contributed by atoms with van der Waals surface area (Å²) in [5, 5.41) is 19.6. The number of hydrogen-bond donors (Lipinski definition) is 5. The molecular formula is C36H41ClN6O8S. The number of amides is 5. The Bertz CT molecular complexity index is 2000. The van der Waals surface area contributed by atoms with Crippen LogP contribution in [0, 0.1) is 11.8 Å². The summed E-state index contributed by atoms with van der Waals surface area (Å²) in [6.07, 6.45) is -0.252. The maximum atomic E-state index is 13.9. The molecule has 5 N–H and O–H groups in total. The molecule has 3 aromatic carbocycles. The molecule has 4 atom stereocenters. The van der Waals surface area contributed by atoms with Crippen LogP contribution in [0.1, 0.15) is 62.9 Å². The molecule has 1 aliphatic rings. The predicted molar refractivity (Wildman–Crippen MR) is 194 cm³/mol. The summed E-state index contributed by atoms with van der Waals surface area (Å²) < 4.78 is 32.7. The maximum absolute atomic E-state index is 13.9. The van der Waals surface area contributed by atoms with Gasteiger partial charge in [-0.05, 0) is 85.3 Å². The number of aromatic nitrogens is 1. The zero-order chi connectivity index (χ0) is 37.7. The highest BCUT2D eigenvalue weighted by Crippen LogP contribution is 2.27. The van der Waals surface area contributed by atoms with E-state index >= 15 is 0 Å². The number of anilines is 1. The molecular weight excluding hydrogens is 712 g/mol. The van der Waals surface area contributed by atoms with Crippen LogP contribution in [0.2, 0.25) is 5.02 Å². The van der Waals surface area contributed by atoms with E-state index < -0.39 is 58.0 Å². The van der Waals surface area contributed by atoms with Crippen molar-refractivity contribution in [3.63, 3.8) is 0 Å². The molecule has 5 rings (SSSR count). The largest absolute Gasteiger partial charge is 0.438 e. The van der Waals surface area contributed by atoms with Gasteiger partial charge in [0.2, 0.25) is 17.7 Å². The fourth-order valence-corrected chi connectivity index (χ4v) is 6.95. The molecule has 1 aromatic heterocycles. The Morgan fingerprint density at radius 1 is 0.923 bits per heavy atom. The smallest absolute Gasteiger partial charge is 0.333 e. The number of sulfonamides is 1. The molecule has 16 heteroatoms. The minimum absolute atomic E-state index is 0.0799. The van der Waals surface area contributed by atoms with Crippen molar-refractivity contribution in [2.75, 3.05) is 11.9 Å². The first-order valence-electron chi connectivity index (χ1n) is 16.8. The van der Waals surface area contributed by atoms with E-state index in [1.807, 2.05) is 18.6 Å². The highest BCUT2D eigenvalue weighted by molar-refractivity contribution is 7.90. The number of fused-ring (bicyclic) bond motifs is 1. The number of nitrogens with one attached hydrogen (secondary N) is 4. The first-order chi connectivity index (χ1) is 24.6. The second kappa shape index (κ2) is 16.1. The average molecular weight is 753 g/mol. The van der Waals surface area contributed by atoms with E-state index in [-0.39, 0.29) is 33.9 Å². The first-order valence-corrected chi connectivity index (χ1v) is 18.7. The summed E-state index contributed by atoms with van der Waals surface area (Å²) in [5.74, 6) is -1.87. The zero-order valence-corrected chi connectivity index (χ0v) is 30.6. The molecule has 14 nitrogen and oxygen atoms in total. The molecule has 1 saturated heterocycles. The standard InChI is InChI=1S/C36H41ClN6O8S/c1-20(2)29(31(44)34-39-26-8-5-6-10-28(26)51-34)40-33(46)27-9-7-19-43(27)35(47)30(21(3)4)41-32(45)22-11-15-24(16-12-22)38-36(48)42-52(49,50)25-17-13-23(37)14-18-25/h5-6,8,10-18,20-21,27,29-31,44H,7,9,19H2,1-4H3,(H,40,46)(H,41,45)(H2,38,42,48)/t27-,29-,30-,31?/m0/s1. The Hall–Kier alpha value is -4.99. The van der Waals surface area contributed by atoms with Gasteiger partial charge in [0.1, 0.15) is 17.6 Å². The molecule has 0 aliphatic carbocycles. The van der Waals surface area contributed by atoms with Gasteiger partial charge in [-0.15, -0.1) is 0 Å². The molecule has 276 valence electrons. The van der Waals surface area contributed by atoms with Crippen molar-refractivity contribution in [2.45, 2.75) is 69.7 Å². The van der Waals surface area contributed by atoms with Crippen molar-refractivity contribution in [3.8, 4) is 0 Å². The summed E-state index contributed by atoms with van der Waals surface area (Å²) in [7, 11) is -4.16. The van der Waals surface area contributed by atoms with Crippen molar-refractivity contribution in [3.05, 3.63) is 89.3 Å². The van der Waals surface area contributed by atoms with Gasteiger partial charge >= 0.3 is 6.03 Å². The van der Waals surface area contributed by atoms with E-state index in [0.717, 1.165) is 0 Å². The molecule has 1 unspecified atom stereocenters. The fourth-order valence-electron chi connectivity index (χ4n) is 5.92. The summed E-state index contributed by atoms with van der Waals surface area (Å²) in [6.45, 7) is 7.57. The van der Waals surface area contributed by atoms with Gasteiger partial charge in [-0.3, -0.25) is 14.4 Å². The van der Waals surface area contributed by atoms with Gasteiger partial charge in [-0.2, -0.15) is 0 Å². The Morgan fingerprint density at radius 2 is 1.60 bits per heavy atom. The van der Waals surface area contributed by atoms with Gasteiger partial charge in [-0.25, -0.2) is 22.9 Å². The van der Waals surface area contributed by atoms with Crippen LogP contribution in [-0.2, 0) is 19.6 Å². The number of nitrogens with zero attached hydrogens (tertiary/aromatic N) is 2. The molecule has 2 heterocycles. The first kappa shape index (κ1) is 38.2. The lowest BCUT2D eigenvalue weighted by molar-refractivity contribution is -0.141. The van der Waals surface area contributed by atoms with Crippen molar-refractivity contribution in [2.24, 2.45) is 11.8 Å². The topological polar surface area (TPSA) is 200 Å². The quantitative estimate of drug-likeness (QED) is 0.137. The molecule has 1 aliphatic heterocycles. The SMILES string of the molecule is CC(C)[C@H](NC(=O)[C@@H]1CCCN1C(=O)[C@@H](NC(=O)c1ccc(NC(=O)NS(=O)(=O)c2ccc(Cl)cc2)cc1)C(C)C)C(O)c1nc2ccccc2o1. The van der Waals surface area contributed by atoms with E-state index in [2.05, 4.69) is 20.9 Å². The summed E-state index contributed by atoms with van der Waals surface area (Å²) in [6, 6.07) is 14.5. The molecule has 1 fully saturated rings. The van der Waals surface area contributed by atoms with Crippen LogP contribution >= 0.6 is 11.6 Å². The van der Waals surface area contributed by atoms with Crippen molar-refractivity contribution < 1.29 is 37.1 Å². The van der Waals surface area contributed by atoms with Gasteiger partial charge in [0.05, 0.1) is 10.9 Å². The molecule has 5 amide bonds. The third kappa shape index (κ3) is 8.89. The van der Waals surface area contributed by atoms with Gasteiger partial charge in [0, 0.05) is 22.8 Å². The van der Waals surface area contributed by atoms with Gasteiger partial charge in [-0.1, -0.05) is 51.4 Å². The molecule has 0 saturated carbocycles. The fraction of sp³-hybridized carbons (Fsp3) is 0.361. The van der Waals surface area contributed by atoms with E-state index in [9.17, 15) is 32.7 Å². The average Bonchev–Trinajstić information content (AvgIpc) is 3.77. The van der Waals surface area contributed by atoms with E-state index in [1.54, 1.807) is 38.1 Å². The Balaban J connectivity index is 1.20. The molecule has 4 aromatic rings. The number of urea groups is 1. The van der Waals surface area contributed by atoms with Crippen molar-refractivity contribution in [1.29, 1.82) is 0 Å². The van der Waals surface area contributed by atoms with E-state index in [0.29, 0.717) is 35.5 Å². The van der Waals surface area contributed by atoms with Crippen LogP contribution in [0.3, 0.4) is 0 Å². The van der Waals surface area contributed by atoms with Gasteiger partial charge < -0.3 is 30.4 Å². The number of aliphatic hydroxyl groups is 1. The number of rotatable bonds is 12. The number of halogens is 1. The van der Waals surface area contributed by atoms with Crippen LogP contribution in [-0.4, -0.2) is 71.8 Å². The Morgan fingerprint density at radius 3 is 2.23 bits per heavy atom. The lowest BCUT2D eigenvalue weighted by atomic mass is 9.97. The van der Waals surface area contributed by atoms with Crippen LogP contribution in [0.25, 0.3) is 11.1 Å². The summed E-state index contributed by atoms with van der Waals surface area (Å²) >= 11 is 5.81. The summed E-state index contributed by atoms with van der Waals surface area (Å²) in [4.78, 5) is 59.0. The molecule has 0 bridgehead atoms. The van der Waals surface area contributed by atoms with Crippen LogP contribution in [0.5, 0.6) is 0 Å². The summed E-state index contributed by atoms with van der Waals surface area (Å²) in [5.41, 5.74) is 1.49. The van der Waals surface area contributed by atoms with Gasteiger partial charge in [0.15, 0.2) is 11.7 Å². The molecule has 0 radical (unpaired) electrons. The van der Waals surface area contributed by atoms with Gasteiger partial charge in [0.25, 0.3) is 15.9 Å². The monoisotopic (exact) mass is 752 g/mol. The van der Waals surface area contributed by atoms with Crippen LogP contribution in [0.4, 0.5) is 10.5 Å². The lowest BCUT2D eigenvalue weighted by Gasteiger charge is -2.32. The number of hydrogen-bond acceptors (Lipinski definition) is 9. The second-order valence-electron chi connectivity index (χ2n) is 13.2. The normalized spacial score (nSPS) is 16.4. The Labute approximate surface area is 306 Å². The molecule has 0 spiro atoms. The Kier molecular flexibility index (Phi) is 11.9. The highest BCUT2D eigenvalue weighted by atomic mass is 35.5. The van der Waals surface area contributed by atoms with Crippen molar-refractivity contribution in [1.82, 2.24) is 25.2 Å². The highest BCUT2D eigenvalue weighted by Gasteiger charge is 2.40. The third-order valence-electron chi connectivity index (χ3n) is 8.74. The zero-order valence-electron chi connectivity index (χ0n) is 29.0. The predicted octanol–water partition coefficient (Wildman–Crippen LogP) is 4.61. The van der Waals surface area contributed by atoms with Crippen LogP contribution in [0.15, 0.2) is 82.1 Å². The number of carbonyl (C=O) groups excluding carboxylic acids is 4. The number of oxazole rings is 1. The van der Waals surface area contributed by atoms with E-state index in [1.165, 1.54) is 53.4 Å². The maximum Gasteiger partial charge on any atom is 0.333 e. The number of carbonyl (C=O) groups is 4. The number of likely N-dealkylation sites (tertiary alicyclic amines) is 1. The second-order valence-corrected chi connectivity index (χ2v) is 15.3. The number of aliphatic hydroxyl groups excluding tert-OH is 1.